The van der Waals surface area contributed by atoms with Gasteiger partial charge in [0.1, 0.15) is 0 Å². The van der Waals surface area contributed by atoms with Crippen molar-refractivity contribution in [3.05, 3.63) is 65.5 Å². The van der Waals surface area contributed by atoms with Crippen molar-refractivity contribution >= 4 is 5.91 Å². The Kier molecular flexibility index (Phi) is 3.27. The number of rotatable bonds is 2. The molecule has 19 heavy (non-hydrogen) atoms. The Labute approximate surface area is 112 Å². The third-order valence-corrected chi connectivity index (χ3v) is 3.59. The number of aromatic nitrogens is 1. The summed E-state index contributed by atoms with van der Waals surface area (Å²) in [4.78, 5) is 18.2. The number of pyridine rings is 1. The Morgan fingerprint density at radius 2 is 1.84 bits per heavy atom. The zero-order valence-corrected chi connectivity index (χ0v) is 10.7. The van der Waals surface area contributed by atoms with Gasteiger partial charge in [0, 0.05) is 25.5 Å². The Morgan fingerprint density at radius 3 is 2.63 bits per heavy atom. The molecule has 2 aromatic rings. The number of benzene rings is 1. The molecular weight excluding hydrogens is 236 g/mol. The van der Waals surface area contributed by atoms with E-state index in [1.165, 1.54) is 11.1 Å². The van der Waals surface area contributed by atoms with Gasteiger partial charge in [-0.1, -0.05) is 24.3 Å². The average molecular weight is 252 g/mol. The van der Waals surface area contributed by atoms with Crippen LogP contribution in [0.25, 0.3) is 0 Å². The van der Waals surface area contributed by atoms with Crippen molar-refractivity contribution in [2.24, 2.45) is 0 Å². The van der Waals surface area contributed by atoms with E-state index in [2.05, 4.69) is 23.2 Å². The average Bonchev–Trinajstić information content (AvgIpc) is 2.48. The number of carbonyl (C=O) groups excluding carboxylic acids is 1. The van der Waals surface area contributed by atoms with Crippen LogP contribution < -0.4 is 0 Å². The van der Waals surface area contributed by atoms with E-state index in [1.807, 2.05) is 23.1 Å². The van der Waals surface area contributed by atoms with E-state index >= 15 is 0 Å². The second-order valence-electron chi connectivity index (χ2n) is 4.87. The smallest absolute Gasteiger partial charge is 0.227 e. The first kappa shape index (κ1) is 11.9. The number of hydrogen-bond donors (Lipinski definition) is 0. The van der Waals surface area contributed by atoms with Crippen LogP contribution in [0.3, 0.4) is 0 Å². The zero-order chi connectivity index (χ0) is 13.1. The van der Waals surface area contributed by atoms with E-state index in [0.29, 0.717) is 6.42 Å². The van der Waals surface area contributed by atoms with E-state index in [4.69, 9.17) is 0 Å². The van der Waals surface area contributed by atoms with Crippen molar-refractivity contribution in [2.75, 3.05) is 6.54 Å². The minimum atomic E-state index is 0.195. The highest BCUT2D eigenvalue weighted by molar-refractivity contribution is 5.79. The number of nitrogens with zero attached hydrogens (tertiary/aromatic N) is 2. The lowest BCUT2D eigenvalue weighted by atomic mass is 9.99. The number of hydrogen-bond acceptors (Lipinski definition) is 2. The lowest BCUT2D eigenvalue weighted by molar-refractivity contribution is -0.131. The van der Waals surface area contributed by atoms with Crippen LogP contribution in [0, 0.1) is 0 Å². The third kappa shape index (κ3) is 2.65. The van der Waals surface area contributed by atoms with Crippen molar-refractivity contribution in [2.45, 2.75) is 19.4 Å². The molecule has 0 unspecified atom stereocenters. The first-order valence-electron chi connectivity index (χ1n) is 6.56. The van der Waals surface area contributed by atoms with Gasteiger partial charge in [0.15, 0.2) is 0 Å². The molecule has 1 aromatic heterocycles. The largest absolute Gasteiger partial charge is 0.338 e. The van der Waals surface area contributed by atoms with E-state index in [-0.39, 0.29) is 5.91 Å². The van der Waals surface area contributed by atoms with Gasteiger partial charge in [-0.15, -0.1) is 0 Å². The number of amides is 1. The summed E-state index contributed by atoms with van der Waals surface area (Å²) in [5.41, 5.74) is 3.67. The van der Waals surface area contributed by atoms with Crippen molar-refractivity contribution in [3.63, 3.8) is 0 Å². The quantitative estimate of drug-likeness (QED) is 0.821. The van der Waals surface area contributed by atoms with Crippen molar-refractivity contribution in [1.29, 1.82) is 0 Å². The van der Waals surface area contributed by atoms with Crippen LogP contribution >= 0.6 is 0 Å². The summed E-state index contributed by atoms with van der Waals surface area (Å²) >= 11 is 0. The van der Waals surface area contributed by atoms with Gasteiger partial charge in [-0.25, -0.2) is 0 Å². The van der Waals surface area contributed by atoms with Crippen LogP contribution in [0.5, 0.6) is 0 Å². The predicted molar refractivity (Wildman–Crippen MR) is 73.5 cm³/mol. The predicted octanol–water partition coefficient (Wildman–Crippen LogP) is 2.21. The molecule has 0 saturated carbocycles. The molecule has 0 aliphatic carbocycles. The summed E-state index contributed by atoms with van der Waals surface area (Å²) in [6, 6.07) is 12.2. The van der Waals surface area contributed by atoms with Crippen molar-refractivity contribution < 1.29 is 4.79 Å². The maximum Gasteiger partial charge on any atom is 0.227 e. The highest BCUT2D eigenvalue weighted by atomic mass is 16.2. The molecule has 0 atom stereocenters. The second kappa shape index (κ2) is 5.22. The molecule has 3 heteroatoms. The molecule has 0 radical (unpaired) electrons. The van der Waals surface area contributed by atoms with Crippen LogP contribution in [0.4, 0.5) is 0 Å². The van der Waals surface area contributed by atoms with Gasteiger partial charge in [0.05, 0.1) is 6.42 Å². The third-order valence-electron chi connectivity index (χ3n) is 3.59. The van der Waals surface area contributed by atoms with E-state index in [0.717, 1.165) is 25.1 Å². The van der Waals surface area contributed by atoms with E-state index in [9.17, 15) is 4.79 Å². The van der Waals surface area contributed by atoms with Crippen molar-refractivity contribution in [3.8, 4) is 0 Å². The number of fused-ring (bicyclic) bond motifs is 1. The molecule has 0 bridgehead atoms. The molecule has 0 spiro atoms. The van der Waals surface area contributed by atoms with Gasteiger partial charge in [0.2, 0.25) is 5.91 Å². The van der Waals surface area contributed by atoms with E-state index < -0.39 is 0 Å². The Hall–Kier alpha value is -2.16. The maximum absolute atomic E-state index is 12.3. The van der Waals surface area contributed by atoms with Crippen LogP contribution in [0.1, 0.15) is 16.7 Å². The summed E-state index contributed by atoms with van der Waals surface area (Å²) in [5.74, 6) is 0.195. The molecule has 1 aromatic carbocycles. The van der Waals surface area contributed by atoms with Gasteiger partial charge >= 0.3 is 0 Å². The minimum absolute atomic E-state index is 0.195. The molecule has 0 fully saturated rings. The molecule has 1 aliphatic heterocycles. The first-order valence-corrected chi connectivity index (χ1v) is 6.56. The van der Waals surface area contributed by atoms with Crippen LogP contribution in [0.15, 0.2) is 48.8 Å². The zero-order valence-electron chi connectivity index (χ0n) is 10.7. The molecular formula is C16H16N2O. The molecule has 96 valence electrons. The summed E-state index contributed by atoms with van der Waals surface area (Å²) in [7, 11) is 0. The van der Waals surface area contributed by atoms with Gasteiger partial charge in [-0.05, 0) is 35.2 Å². The molecule has 2 heterocycles. The normalized spacial score (nSPS) is 14.0. The lowest BCUT2D eigenvalue weighted by Crippen LogP contribution is -2.36. The molecule has 3 rings (SSSR count). The fourth-order valence-corrected chi connectivity index (χ4v) is 2.50. The maximum atomic E-state index is 12.3. The highest BCUT2D eigenvalue weighted by Gasteiger charge is 2.20. The summed E-state index contributed by atoms with van der Waals surface area (Å²) in [5, 5.41) is 0. The summed E-state index contributed by atoms with van der Waals surface area (Å²) in [6.07, 6.45) is 4.88. The SMILES string of the molecule is O=C(Cc1ccncc1)N1CCc2ccccc2C1. The summed E-state index contributed by atoms with van der Waals surface area (Å²) < 4.78 is 0. The Balaban J connectivity index is 1.70. The molecule has 0 N–H and O–H groups in total. The van der Waals surface area contributed by atoms with E-state index in [1.54, 1.807) is 12.4 Å². The topological polar surface area (TPSA) is 33.2 Å². The van der Waals surface area contributed by atoms with Gasteiger partial charge in [-0.3, -0.25) is 9.78 Å². The van der Waals surface area contributed by atoms with Crippen molar-refractivity contribution in [1.82, 2.24) is 9.88 Å². The van der Waals surface area contributed by atoms with Crippen LogP contribution in [-0.2, 0) is 24.2 Å². The highest BCUT2D eigenvalue weighted by Crippen LogP contribution is 2.19. The lowest BCUT2D eigenvalue weighted by Gasteiger charge is -2.29. The summed E-state index contributed by atoms with van der Waals surface area (Å²) in [6.45, 7) is 1.56. The number of carbonyl (C=O) groups is 1. The Morgan fingerprint density at radius 1 is 1.11 bits per heavy atom. The fourth-order valence-electron chi connectivity index (χ4n) is 2.50. The van der Waals surface area contributed by atoms with Crippen LogP contribution in [0.2, 0.25) is 0 Å². The van der Waals surface area contributed by atoms with Gasteiger partial charge in [-0.2, -0.15) is 0 Å². The monoisotopic (exact) mass is 252 g/mol. The molecule has 1 aliphatic rings. The molecule has 0 saturated heterocycles. The van der Waals surface area contributed by atoms with Gasteiger partial charge in [0.25, 0.3) is 0 Å². The minimum Gasteiger partial charge on any atom is -0.338 e. The molecule has 3 nitrogen and oxygen atoms in total. The first-order chi connectivity index (χ1) is 9.33. The Bertz CT molecular complexity index is 580. The second-order valence-corrected chi connectivity index (χ2v) is 4.87. The van der Waals surface area contributed by atoms with Crippen LogP contribution in [-0.4, -0.2) is 22.3 Å². The van der Waals surface area contributed by atoms with Gasteiger partial charge < -0.3 is 4.90 Å². The molecule has 1 amide bonds. The fraction of sp³-hybridized carbons (Fsp3) is 0.250. The standard InChI is InChI=1S/C16H16N2O/c19-16(11-13-5-8-17-9-6-13)18-10-7-14-3-1-2-4-15(14)12-18/h1-6,8-9H,7,10-12H2.